The zero-order valence-corrected chi connectivity index (χ0v) is 9.82. The molecule has 1 saturated heterocycles. The summed E-state index contributed by atoms with van der Waals surface area (Å²) in [5, 5.41) is 8.96. The molecule has 0 bridgehead atoms. The molecule has 1 aromatic rings. The molecule has 0 aromatic heterocycles. The van der Waals surface area contributed by atoms with Gasteiger partial charge in [-0.05, 0) is 37.0 Å². The molecule has 16 heavy (non-hydrogen) atoms. The van der Waals surface area contributed by atoms with E-state index in [4.69, 9.17) is 5.26 Å². The van der Waals surface area contributed by atoms with Gasteiger partial charge in [0.25, 0.3) is 0 Å². The molecule has 0 aliphatic carbocycles. The molecule has 0 radical (unpaired) electrons. The van der Waals surface area contributed by atoms with E-state index in [1.54, 1.807) is 0 Å². The highest BCUT2D eigenvalue weighted by molar-refractivity contribution is 5.48. The summed E-state index contributed by atoms with van der Waals surface area (Å²) in [6.07, 6.45) is 3.27. The summed E-state index contributed by atoms with van der Waals surface area (Å²) in [5.41, 5.74) is 2.63. The van der Waals surface area contributed by atoms with Gasteiger partial charge in [0, 0.05) is 18.8 Å². The Bertz CT molecular complexity index is 375. The van der Waals surface area contributed by atoms with Crippen LogP contribution in [0.3, 0.4) is 0 Å². The Morgan fingerprint density at radius 1 is 1.38 bits per heavy atom. The van der Waals surface area contributed by atoms with Gasteiger partial charge >= 0.3 is 0 Å². The molecule has 1 aliphatic rings. The van der Waals surface area contributed by atoms with E-state index >= 15 is 0 Å². The molecule has 1 aromatic carbocycles. The second kappa shape index (κ2) is 5.03. The first-order valence-electron chi connectivity index (χ1n) is 6.07. The average Bonchev–Trinajstić information content (AvgIpc) is 2.39. The second-order valence-corrected chi connectivity index (χ2v) is 4.43. The number of hydrogen-bond acceptors (Lipinski definition) is 2. The van der Waals surface area contributed by atoms with Crippen LogP contribution in [-0.2, 0) is 6.42 Å². The minimum atomic E-state index is 0.208. The van der Waals surface area contributed by atoms with E-state index in [2.05, 4.69) is 42.2 Å². The predicted octanol–water partition coefficient (Wildman–Crippen LogP) is 2.99. The molecule has 2 rings (SSSR count). The summed E-state index contributed by atoms with van der Waals surface area (Å²) in [5.74, 6) is 0.208. The van der Waals surface area contributed by atoms with Crippen molar-refractivity contribution < 1.29 is 0 Å². The van der Waals surface area contributed by atoms with E-state index in [1.165, 1.54) is 11.3 Å². The Morgan fingerprint density at radius 3 is 2.75 bits per heavy atom. The molecule has 0 amide bonds. The predicted molar refractivity (Wildman–Crippen MR) is 66.4 cm³/mol. The minimum Gasteiger partial charge on any atom is -0.370 e. The summed E-state index contributed by atoms with van der Waals surface area (Å²) >= 11 is 0. The molecule has 2 heteroatoms. The first-order valence-corrected chi connectivity index (χ1v) is 6.07. The quantitative estimate of drug-likeness (QED) is 0.756. The van der Waals surface area contributed by atoms with Crippen LogP contribution in [0.2, 0.25) is 0 Å². The Morgan fingerprint density at radius 2 is 2.12 bits per heavy atom. The molecule has 1 fully saturated rings. The van der Waals surface area contributed by atoms with Gasteiger partial charge in [-0.1, -0.05) is 19.1 Å². The maximum absolute atomic E-state index is 8.96. The SMILES string of the molecule is CCc1ccc(N2CCCC(C#N)C2)cc1. The normalized spacial score (nSPS) is 20.5. The third kappa shape index (κ3) is 2.36. The van der Waals surface area contributed by atoms with Crippen LogP contribution in [0.1, 0.15) is 25.3 Å². The standard InChI is InChI=1S/C14H18N2/c1-2-12-5-7-14(8-6-12)16-9-3-4-13(10-15)11-16/h5-8,13H,2-4,9,11H2,1H3. The Kier molecular flexibility index (Phi) is 3.46. The largest absolute Gasteiger partial charge is 0.370 e. The van der Waals surface area contributed by atoms with Crippen LogP contribution in [0.4, 0.5) is 5.69 Å². The highest BCUT2D eigenvalue weighted by Crippen LogP contribution is 2.23. The van der Waals surface area contributed by atoms with Crippen molar-refractivity contribution in [3.05, 3.63) is 29.8 Å². The van der Waals surface area contributed by atoms with Gasteiger partial charge in [-0.2, -0.15) is 5.26 Å². The van der Waals surface area contributed by atoms with Gasteiger partial charge in [0.1, 0.15) is 0 Å². The maximum atomic E-state index is 8.96. The molecule has 0 N–H and O–H groups in total. The monoisotopic (exact) mass is 214 g/mol. The summed E-state index contributed by atoms with van der Waals surface area (Å²) in [6, 6.07) is 11.1. The molecule has 1 atom stereocenters. The lowest BCUT2D eigenvalue weighted by Crippen LogP contribution is -2.34. The Balaban J connectivity index is 2.08. The summed E-state index contributed by atoms with van der Waals surface area (Å²) in [6.45, 7) is 4.15. The molecule has 1 aliphatic heterocycles. The van der Waals surface area contributed by atoms with Gasteiger partial charge in [-0.25, -0.2) is 0 Å². The fourth-order valence-corrected chi connectivity index (χ4v) is 2.26. The van der Waals surface area contributed by atoms with Gasteiger partial charge in [-0.3, -0.25) is 0 Å². The van der Waals surface area contributed by atoms with Crippen molar-refractivity contribution in [3.63, 3.8) is 0 Å². The minimum absolute atomic E-state index is 0.208. The smallest absolute Gasteiger partial charge is 0.0674 e. The Hall–Kier alpha value is -1.49. The van der Waals surface area contributed by atoms with E-state index in [0.29, 0.717) is 0 Å². The number of hydrogen-bond donors (Lipinski definition) is 0. The molecule has 1 heterocycles. The number of rotatable bonds is 2. The number of aryl methyl sites for hydroxylation is 1. The highest BCUT2D eigenvalue weighted by Gasteiger charge is 2.19. The van der Waals surface area contributed by atoms with E-state index in [9.17, 15) is 0 Å². The number of piperidine rings is 1. The topological polar surface area (TPSA) is 27.0 Å². The third-order valence-electron chi connectivity index (χ3n) is 3.31. The van der Waals surface area contributed by atoms with Crippen LogP contribution in [0.5, 0.6) is 0 Å². The van der Waals surface area contributed by atoms with Crippen LogP contribution < -0.4 is 4.90 Å². The highest BCUT2D eigenvalue weighted by atomic mass is 15.1. The van der Waals surface area contributed by atoms with Gasteiger partial charge in [-0.15, -0.1) is 0 Å². The third-order valence-corrected chi connectivity index (χ3v) is 3.31. The average molecular weight is 214 g/mol. The van der Waals surface area contributed by atoms with E-state index in [1.807, 2.05) is 0 Å². The van der Waals surface area contributed by atoms with Crippen LogP contribution in [0, 0.1) is 17.2 Å². The van der Waals surface area contributed by atoms with Crippen LogP contribution in [-0.4, -0.2) is 13.1 Å². The summed E-state index contributed by atoms with van der Waals surface area (Å²) in [7, 11) is 0. The van der Waals surface area contributed by atoms with Crippen LogP contribution in [0.25, 0.3) is 0 Å². The van der Waals surface area contributed by atoms with E-state index < -0.39 is 0 Å². The lowest BCUT2D eigenvalue weighted by molar-refractivity contribution is 0.493. The first kappa shape index (κ1) is 11.0. The molecule has 0 saturated carbocycles. The van der Waals surface area contributed by atoms with Gasteiger partial charge in [0.05, 0.1) is 12.0 Å². The van der Waals surface area contributed by atoms with Crippen molar-refractivity contribution in [1.82, 2.24) is 0 Å². The van der Waals surface area contributed by atoms with Gasteiger partial charge < -0.3 is 4.90 Å². The maximum Gasteiger partial charge on any atom is 0.0674 e. The van der Waals surface area contributed by atoms with Crippen molar-refractivity contribution in [1.29, 1.82) is 5.26 Å². The second-order valence-electron chi connectivity index (χ2n) is 4.43. The molecule has 1 unspecified atom stereocenters. The molecule has 84 valence electrons. The number of anilines is 1. The first-order chi connectivity index (χ1) is 7.83. The van der Waals surface area contributed by atoms with Crippen molar-refractivity contribution in [3.8, 4) is 6.07 Å². The number of benzene rings is 1. The van der Waals surface area contributed by atoms with E-state index in [-0.39, 0.29) is 5.92 Å². The number of nitriles is 1. The summed E-state index contributed by atoms with van der Waals surface area (Å²) < 4.78 is 0. The molecule has 2 nitrogen and oxygen atoms in total. The van der Waals surface area contributed by atoms with Crippen molar-refractivity contribution >= 4 is 5.69 Å². The molecule has 0 spiro atoms. The van der Waals surface area contributed by atoms with E-state index in [0.717, 1.165) is 32.4 Å². The van der Waals surface area contributed by atoms with Crippen LogP contribution >= 0.6 is 0 Å². The number of nitrogens with zero attached hydrogens (tertiary/aromatic N) is 2. The fraction of sp³-hybridized carbons (Fsp3) is 0.500. The van der Waals surface area contributed by atoms with Crippen molar-refractivity contribution in [2.75, 3.05) is 18.0 Å². The zero-order valence-electron chi connectivity index (χ0n) is 9.82. The summed E-state index contributed by atoms with van der Waals surface area (Å²) in [4.78, 5) is 2.33. The lowest BCUT2D eigenvalue weighted by atomic mass is 9.99. The van der Waals surface area contributed by atoms with Gasteiger partial charge in [0.2, 0.25) is 0 Å². The lowest BCUT2D eigenvalue weighted by Gasteiger charge is -2.31. The molecular weight excluding hydrogens is 196 g/mol. The van der Waals surface area contributed by atoms with Gasteiger partial charge in [0.15, 0.2) is 0 Å². The van der Waals surface area contributed by atoms with Crippen molar-refractivity contribution in [2.45, 2.75) is 26.2 Å². The van der Waals surface area contributed by atoms with Crippen molar-refractivity contribution in [2.24, 2.45) is 5.92 Å². The zero-order chi connectivity index (χ0) is 11.4. The van der Waals surface area contributed by atoms with Crippen LogP contribution in [0.15, 0.2) is 24.3 Å². The fourth-order valence-electron chi connectivity index (χ4n) is 2.26. The molecular formula is C14H18N2. The Labute approximate surface area is 97.5 Å².